The normalized spacial score (nSPS) is 23.3. The molecule has 7 nitrogen and oxygen atoms in total. The third-order valence-corrected chi connectivity index (χ3v) is 5.09. The van der Waals surface area contributed by atoms with Crippen LogP contribution >= 0.6 is 0 Å². The summed E-state index contributed by atoms with van der Waals surface area (Å²) < 4.78 is 5.84. The molecule has 2 unspecified atom stereocenters. The zero-order chi connectivity index (χ0) is 19.0. The Morgan fingerprint density at radius 3 is 2.85 bits per heavy atom. The fourth-order valence-corrected chi connectivity index (χ4v) is 3.52. The minimum absolute atomic E-state index is 0.144. The van der Waals surface area contributed by atoms with Gasteiger partial charge in [0.05, 0.1) is 29.8 Å². The lowest BCUT2D eigenvalue weighted by atomic mass is 10.1. The number of morpholine rings is 1. The van der Waals surface area contributed by atoms with Crippen LogP contribution in [0.15, 0.2) is 30.5 Å². The smallest absolute Gasteiger partial charge is 0.252 e. The predicted molar refractivity (Wildman–Crippen MR) is 98.7 cm³/mol. The van der Waals surface area contributed by atoms with Crippen molar-refractivity contribution in [3.63, 3.8) is 0 Å². The summed E-state index contributed by atoms with van der Waals surface area (Å²) in [5, 5.41) is 22.2. The summed E-state index contributed by atoms with van der Waals surface area (Å²) in [7, 11) is 0. The van der Waals surface area contributed by atoms with Gasteiger partial charge >= 0.3 is 0 Å². The van der Waals surface area contributed by atoms with Crippen molar-refractivity contribution in [3.05, 3.63) is 36.0 Å². The Labute approximate surface area is 157 Å². The molecule has 1 aliphatic heterocycles. The van der Waals surface area contributed by atoms with Crippen molar-refractivity contribution in [2.75, 3.05) is 18.0 Å². The molecule has 2 aliphatic rings. The highest BCUT2D eigenvalue weighted by Crippen LogP contribution is 2.35. The Hall–Kier alpha value is -3.16. The Bertz CT molecular complexity index is 986. The highest BCUT2D eigenvalue weighted by Gasteiger charge is 2.46. The average molecular weight is 361 g/mol. The van der Waals surface area contributed by atoms with Crippen LogP contribution in [0.4, 0.5) is 5.69 Å². The van der Waals surface area contributed by atoms with Crippen molar-refractivity contribution in [2.45, 2.75) is 37.5 Å². The molecule has 1 aliphatic carbocycles. The number of rotatable bonds is 3. The van der Waals surface area contributed by atoms with E-state index in [2.05, 4.69) is 27.3 Å². The van der Waals surface area contributed by atoms with Crippen LogP contribution in [0.1, 0.15) is 25.3 Å². The number of benzene rings is 1. The van der Waals surface area contributed by atoms with Crippen LogP contribution in [0.2, 0.25) is 0 Å². The molecule has 2 atom stereocenters. The van der Waals surface area contributed by atoms with E-state index < -0.39 is 11.6 Å². The molecule has 4 rings (SSSR count). The van der Waals surface area contributed by atoms with E-state index in [-0.39, 0.29) is 12.0 Å². The quantitative estimate of drug-likeness (QED) is 0.895. The number of carbonyl (C=O) groups excluding carboxylic acids is 1. The second-order valence-corrected chi connectivity index (χ2v) is 7.17. The van der Waals surface area contributed by atoms with E-state index >= 15 is 0 Å². The fourth-order valence-electron chi connectivity index (χ4n) is 3.52. The van der Waals surface area contributed by atoms with Crippen LogP contribution < -0.4 is 10.2 Å². The van der Waals surface area contributed by atoms with E-state index in [1.807, 2.05) is 25.1 Å². The Kier molecular flexibility index (Phi) is 4.18. The van der Waals surface area contributed by atoms with Gasteiger partial charge in [-0.25, -0.2) is 0 Å². The minimum Gasteiger partial charge on any atom is -0.365 e. The first-order valence-corrected chi connectivity index (χ1v) is 8.97. The van der Waals surface area contributed by atoms with Crippen molar-refractivity contribution in [3.8, 4) is 12.1 Å². The van der Waals surface area contributed by atoms with Gasteiger partial charge in [0.15, 0.2) is 6.10 Å². The van der Waals surface area contributed by atoms with E-state index in [0.29, 0.717) is 37.0 Å². The van der Waals surface area contributed by atoms with E-state index in [1.54, 1.807) is 12.3 Å². The third-order valence-electron chi connectivity index (χ3n) is 5.09. The molecule has 0 bridgehead atoms. The molecule has 1 aromatic carbocycles. The van der Waals surface area contributed by atoms with Crippen molar-refractivity contribution < 1.29 is 9.53 Å². The number of aromatic nitrogens is 1. The molecule has 1 N–H and O–H groups in total. The maximum absolute atomic E-state index is 12.6. The lowest BCUT2D eigenvalue weighted by Crippen LogP contribution is -2.54. The second-order valence-electron chi connectivity index (χ2n) is 7.17. The molecule has 1 amide bonds. The largest absolute Gasteiger partial charge is 0.365 e. The van der Waals surface area contributed by atoms with Gasteiger partial charge in [0.2, 0.25) is 0 Å². The van der Waals surface area contributed by atoms with Gasteiger partial charge in [-0.1, -0.05) is 0 Å². The number of nitriles is 2. The minimum atomic E-state index is -0.711. The SMILES string of the molecule is CC1CN(c2ccc(C#N)c3ncccc23)CC(C(=O)NC2(C#N)CC2)O1. The summed E-state index contributed by atoms with van der Waals surface area (Å²) in [5.41, 5.74) is 1.39. The summed E-state index contributed by atoms with van der Waals surface area (Å²) in [5.74, 6) is -0.248. The van der Waals surface area contributed by atoms with Gasteiger partial charge in [0.25, 0.3) is 5.91 Å². The van der Waals surface area contributed by atoms with Crippen LogP contribution in [-0.4, -0.2) is 41.7 Å². The molecule has 1 saturated heterocycles. The van der Waals surface area contributed by atoms with Gasteiger partial charge < -0.3 is 15.0 Å². The molecule has 0 spiro atoms. The van der Waals surface area contributed by atoms with Crippen LogP contribution in [0, 0.1) is 22.7 Å². The second kappa shape index (κ2) is 6.53. The summed E-state index contributed by atoms with van der Waals surface area (Å²) in [6.07, 6.45) is 2.25. The van der Waals surface area contributed by atoms with Gasteiger partial charge in [-0.2, -0.15) is 10.5 Å². The number of pyridine rings is 1. The average Bonchev–Trinajstić information content (AvgIpc) is 3.46. The summed E-state index contributed by atoms with van der Waals surface area (Å²) in [4.78, 5) is 19.1. The molecular formula is C20H19N5O2. The number of carbonyl (C=O) groups is 1. The number of anilines is 1. The highest BCUT2D eigenvalue weighted by molar-refractivity contribution is 5.95. The van der Waals surface area contributed by atoms with Crippen molar-refractivity contribution in [1.29, 1.82) is 10.5 Å². The third kappa shape index (κ3) is 3.18. The maximum Gasteiger partial charge on any atom is 0.252 e. The molecular weight excluding hydrogens is 342 g/mol. The predicted octanol–water partition coefficient (Wildman–Crippen LogP) is 1.87. The highest BCUT2D eigenvalue weighted by atomic mass is 16.5. The number of amides is 1. The fraction of sp³-hybridized carbons (Fsp3) is 0.400. The molecule has 1 aromatic heterocycles. The first-order valence-electron chi connectivity index (χ1n) is 8.97. The van der Waals surface area contributed by atoms with Gasteiger partial charge in [-0.15, -0.1) is 0 Å². The summed E-state index contributed by atoms with van der Waals surface area (Å²) in [6, 6.07) is 11.8. The number of hydrogen-bond acceptors (Lipinski definition) is 6. The van der Waals surface area contributed by atoms with E-state index in [4.69, 9.17) is 4.74 Å². The van der Waals surface area contributed by atoms with Crippen LogP contribution in [-0.2, 0) is 9.53 Å². The van der Waals surface area contributed by atoms with Crippen molar-refractivity contribution >= 4 is 22.5 Å². The van der Waals surface area contributed by atoms with Crippen molar-refractivity contribution in [1.82, 2.24) is 10.3 Å². The van der Waals surface area contributed by atoms with Crippen molar-refractivity contribution in [2.24, 2.45) is 0 Å². The maximum atomic E-state index is 12.6. The van der Waals surface area contributed by atoms with Gasteiger partial charge in [0.1, 0.15) is 11.6 Å². The lowest BCUT2D eigenvalue weighted by Gasteiger charge is -2.38. The zero-order valence-electron chi connectivity index (χ0n) is 15.0. The standard InChI is InChI=1S/C20H19N5O2/c1-13-10-25(11-17(27-13)19(26)24-20(12-22)6-7-20)16-5-4-14(9-21)18-15(16)3-2-8-23-18/h2-5,8,13,17H,6-7,10-11H2,1H3,(H,24,26). The van der Waals surface area contributed by atoms with Crippen LogP contribution in [0.25, 0.3) is 10.9 Å². The Morgan fingerprint density at radius 1 is 1.33 bits per heavy atom. The van der Waals surface area contributed by atoms with E-state index in [0.717, 1.165) is 11.1 Å². The van der Waals surface area contributed by atoms with Crippen LogP contribution in [0.5, 0.6) is 0 Å². The first-order chi connectivity index (χ1) is 13.0. The zero-order valence-corrected chi connectivity index (χ0v) is 15.0. The molecule has 2 fully saturated rings. The van der Waals surface area contributed by atoms with Crippen LogP contribution in [0.3, 0.4) is 0 Å². The molecule has 27 heavy (non-hydrogen) atoms. The number of ether oxygens (including phenoxy) is 1. The topological polar surface area (TPSA) is 102 Å². The van der Waals surface area contributed by atoms with Gasteiger partial charge in [0, 0.05) is 23.8 Å². The Morgan fingerprint density at radius 2 is 2.15 bits per heavy atom. The Balaban J connectivity index is 1.63. The number of nitrogens with one attached hydrogen (secondary N) is 1. The van der Waals surface area contributed by atoms with E-state index in [1.165, 1.54) is 0 Å². The molecule has 2 aromatic rings. The lowest BCUT2D eigenvalue weighted by molar-refractivity contribution is -0.137. The van der Waals surface area contributed by atoms with Gasteiger partial charge in [-0.3, -0.25) is 9.78 Å². The van der Waals surface area contributed by atoms with Gasteiger partial charge in [-0.05, 0) is 44.0 Å². The summed E-state index contributed by atoms with van der Waals surface area (Å²) in [6.45, 7) is 2.93. The monoisotopic (exact) mass is 361 g/mol. The number of nitrogens with zero attached hydrogens (tertiary/aromatic N) is 4. The molecule has 2 heterocycles. The van der Waals surface area contributed by atoms with E-state index in [9.17, 15) is 15.3 Å². The molecule has 136 valence electrons. The summed E-state index contributed by atoms with van der Waals surface area (Å²) >= 11 is 0. The number of hydrogen-bond donors (Lipinski definition) is 1. The molecule has 0 radical (unpaired) electrons. The first kappa shape index (κ1) is 17.3. The molecule has 1 saturated carbocycles. The molecule has 7 heteroatoms. The number of fused-ring (bicyclic) bond motifs is 1.